The number of nitrogens with zero attached hydrogens (tertiary/aromatic N) is 2. The van der Waals surface area contributed by atoms with E-state index in [1.165, 1.54) is 43.3 Å². The molecule has 0 aliphatic heterocycles. The number of amides is 2. The number of methoxy groups -OCH3 is 1. The first kappa shape index (κ1) is 21.9. The second-order valence-corrected chi connectivity index (χ2v) is 8.39. The zero-order chi connectivity index (χ0) is 21.4. The van der Waals surface area contributed by atoms with Crippen molar-refractivity contribution in [2.75, 3.05) is 31.8 Å². The number of nitriles is 1. The molecule has 2 aromatic rings. The summed E-state index contributed by atoms with van der Waals surface area (Å²) in [5.74, 6) is -0.971. The number of carbonyl (C=O) groups excluding carboxylic acids is 2. The van der Waals surface area contributed by atoms with Crippen LogP contribution in [0.15, 0.2) is 48.5 Å². The van der Waals surface area contributed by atoms with Gasteiger partial charge in [-0.15, -0.1) is 0 Å². The summed E-state index contributed by atoms with van der Waals surface area (Å²) in [6, 6.07) is 14.5. The largest absolute Gasteiger partial charge is 0.497 e. The van der Waals surface area contributed by atoms with Crippen molar-refractivity contribution in [3.05, 3.63) is 59.7 Å². The Kier molecular flexibility index (Phi) is 7.33. The van der Waals surface area contributed by atoms with Crippen LogP contribution in [0, 0.1) is 11.3 Å². The number of rotatable bonds is 8. The average Bonchev–Trinajstić information content (AvgIpc) is 2.67. The van der Waals surface area contributed by atoms with Crippen LogP contribution in [0.2, 0.25) is 0 Å². The molecular weight excluding hydrogens is 394 g/mol. The molecule has 0 saturated heterocycles. The molecule has 0 aliphatic carbocycles. The molecular formula is C20H21N3O5S. The summed E-state index contributed by atoms with van der Waals surface area (Å²) >= 11 is 0. The van der Waals surface area contributed by atoms with Crippen molar-refractivity contribution in [3.63, 3.8) is 0 Å². The Morgan fingerprint density at radius 1 is 1.17 bits per heavy atom. The van der Waals surface area contributed by atoms with Crippen LogP contribution in [0.1, 0.15) is 15.9 Å². The van der Waals surface area contributed by atoms with Crippen LogP contribution in [0.3, 0.4) is 0 Å². The van der Waals surface area contributed by atoms with Crippen molar-refractivity contribution in [1.29, 1.82) is 5.26 Å². The van der Waals surface area contributed by atoms with Crippen LogP contribution in [0.25, 0.3) is 0 Å². The molecule has 2 amide bonds. The van der Waals surface area contributed by atoms with E-state index >= 15 is 0 Å². The summed E-state index contributed by atoms with van der Waals surface area (Å²) in [7, 11) is -0.479. The van der Waals surface area contributed by atoms with E-state index in [9.17, 15) is 18.0 Å². The number of sulfone groups is 1. The molecule has 9 heteroatoms. The lowest BCUT2D eigenvalue weighted by Gasteiger charge is -2.17. The average molecular weight is 415 g/mol. The Hall–Kier alpha value is -3.38. The minimum absolute atomic E-state index is 0.158. The fourth-order valence-corrected chi connectivity index (χ4v) is 3.55. The molecule has 0 spiro atoms. The number of benzene rings is 2. The smallest absolute Gasteiger partial charge is 0.254 e. The summed E-state index contributed by atoms with van der Waals surface area (Å²) in [5, 5.41) is 11.2. The maximum Gasteiger partial charge on any atom is 0.254 e. The maximum atomic E-state index is 12.5. The molecule has 0 radical (unpaired) electrons. The number of hydrogen-bond donors (Lipinski definition) is 1. The lowest BCUT2D eigenvalue weighted by molar-refractivity contribution is -0.116. The van der Waals surface area contributed by atoms with Crippen molar-refractivity contribution < 1.29 is 22.7 Å². The third kappa shape index (κ3) is 6.62. The van der Waals surface area contributed by atoms with E-state index < -0.39 is 15.6 Å². The zero-order valence-electron chi connectivity index (χ0n) is 16.1. The van der Waals surface area contributed by atoms with E-state index in [0.29, 0.717) is 22.6 Å². The Bertz CT molecular complexity index is 1030. The molecule has 8 nitrogen and oxygen atoms in total. The summed E-state index contributed by atoms with van der Waals surface area (Å²) in [6.45, 7) is -0.158. The second-order valence-electron chi connectivity index (χ2n) is 6.33. The van der Waals surface area contributed by atoms with Crippen LogP contribution in [0.4, 0.5) is 5.69 Å². The Labute approximate surface area is 169 Å². The van der Waals surface area contributed by atoms with Gasteiger partial charge in [0.15, 0.2) is 9.84 Å². The molecule has 0 saturated carbocycles. The minimum atomic E-state index is -3.50. The number of carbonyl (C=O) groups is 2. The van der Waals surface area contributed by atoms with Gasteiger partial charge in [0.25, 0.3) is 5.91 Å². The molecule has 0 bridgehead atoms. The number of nitrogens with one attached hydrogen (secondary N) is 1. The molecule has 0 unspecified atom stereocenters. The molecule has 0 aromatic heterocycles. The zero-order valence-corrected chi connectivity index (χ0v) is 16.9. The number of ether oxygens (including phenoxy) is 1. The first-order chi connectivity index (χ1) is 13.7. The van der Waals surface area contributed by atoms with Gasteiger partial charge in [0.05, 0.1) is 25.5 Å². The number of anilines is 1. The molecule has 152 valence electrons. The Morgan fingerprint density at radius 2 is 1.86 bits per heavy atom. The summed E-state index contributed by atoms with van der Waals surface area (Å²) in [6.07, 6.45) is 0. The van der Waals surface area contributed by atoms with Gasteiger partial charge in [-0.3, -0.25) is 9.59 Å². The predicted octanol–water partition coefficient (Wildman–Crippen LogP) is 1.84. The highest BCUT2D eigenvalue weighted by Gasteiger charge is 2.16. The van der Waals surface area contributed by atoms with Gasteiger partial charge in [0, 0.05) is 24.4 Å². The van der Waals surface area contributed by atoms with Gasteiger partial charge in [-0.05, 0) is 29.8 Å². The maximum absolute atomic E-state index is 12.5. The highest BCUT2D eigenvalue weighted by atomic mass is 32.2. The number of hydrogen-bond acceptors (Lipinski definition) is 6. The monoisotopic (exact) mass is 415 g/mol. The van der Waals surface area contributed by atoms with Crippen LogP contribution in [0.5, 0.6) is 5.75 Å². The fourth-order valence-electron chi connectivity index (χ4n) is 2.56. The van der Waals surface area contributed by atoms with Gasteiger partial charge >= 0.3 is 0 Å². The third-order valence-electron chi connectivity index (χ3n) is 3.95. The normalized spacial score (nSPS) is 10.7. The molecule has 0 heterocycles. The molecule has 2 aromatic carbocycles. The van der Waals surface area contributed by atoms with Gasteiger partial charge in [0.1, 0.15) is 11.5 Å². The van der Waals surface area contributed by atoms with Crippen molar-refractivity contribution >= 4 is 27.3 Å². The molecule has 0 fully saturated rings. The number of likely N-dealkylation sites (N-methyl/N-ethyl adjacent to an activating group) is 1. The van der Waals surface area contributed by atoms with Crippen molar-refractivity contribution in [1.82, 2.24) is 4.90 Å². The van der Waals surface area contributed by atoms with E-state index in [1.54, 1.807) is 30.3 Å². The van der Waals surface area contributed by atoms with E-state index in [-0.39, 0.29) is 24.1 Å². The second kappa shape index (κ2) is 9.71. The van der Waals surface area contributed by atoms with E-state index in [4.69, 9.17) is 10.00 Å². The van der Waals surface area contributed by atoms with Crippen molar-refractivity contribution in [2.45, 2.75) is 5.75 Å². The van der Waals surface area contributed by atoms with Gasteiger partial charge in [0.2, 0.25) is 5.91 Å². The highest BCUT2D eigenvalue weighted by molar-refractivity contribution is 7.90. The van der Waals surface area contributed by atoms with E-state index in [1.807, 2.05) is 0 Å². The first-order valence-electron chi connectivity index (χ1n) is 8.60. The standard InChI is InChI=1S/C20H21N3O5S/c1-23(13-19(24)22-17-4-3-5-18(12-17)28-2)20(25)16-8-6-15(7-9-16)14-29(26,27)11-10-21/h3-9,12H,11,13-14H2,1-2H3,(H,22,24). The quantitative estimate of drug-likeness (QED) is 0.703. The molecule has 2 rings (SSSR count). The predicted molar refractivity (Wildman–Crippen MR) is 108 cm³/mol. The molecule has 0 atom stereocenters. The fraction of sp³-hybridized carbons (Fsp3) is 0.250. The highest BCUT2D eigenvalue weighted by Crippen LogP contribution is 2.16. The Balaban J connectivity index is 1.97. The van der Waals surface area contributed by atoms with Crippen LogP contribution < -0.4 is 10.1 Å². The van der Waals surface area contributed by atoms with Crippen LogP contribution >= 0.6 is 0 Å². The van der Waals surface area contributed by atoms with Crippen molar-refractivity contribution in [3.8, 4) is 11.8 Å². The van der Waals surface area contributed by atoms with Gasteiger partial charge in [-0.1, -0.05) is 18.2 Å². The SMILES string of the molecule is COc1cccc(NC(=O)CN(C)C(=O)c2ccc(CS(=O)(=O)CC#N)cc2)c1. The van der Waals surface area contributed by atoms with Crippen LogP contribution in [-0.2, 0) is 20.4 Å². The van der Waals surface area contributed by atoms with E-state index in [2.05, 4.69) is 5.32 Å². The van der Waals surface area contributed by atoms with Gasteiger partial charge in [-0.25, -0.2) is 8.42 Å². The lowest BCUT2D eigenvalue weighted by atomic mass is 10.1. The summed E-state index contributed by atoms with van der Waals surface area (Å²) in [4.78, 5) is 25.9. The van der Waals surface area contributed by atoms with Gasteiger partial charge < -0.3 is 15.0 Å². The summed E-state index contributed by atoms with van der Waals surface area (Å²) < 4.78 is 28.5. The van der Waals surface area contributed by atoms with Gasteiger partial charge in [-0.2, -0.15) is 5.26 Å². The Morgan fingerprint density at radius 3 is 2.48 bits per heavy atom. The molecule has 0 aliphatic rings. The van der Waals surface area contributed by atoms with E-state index in [0.717, 1.165) is 0 Å². The van der Waals surface area contributed by atoms with Crippen molar-refractivity contribution in [2.24, 2.45) is 0 Å². The topological polar surface area (TPSA) is 117 Å². The van der Waals surface area contributed by atoms with Crippen LogP contribution in [-0.4, -0.2) is 51.6 Å². The minimum Gasteiger partial charge on any atom is -0.497 e. The molecule has 1 N–H and O–H groups in total. The lowest BCUT2D eigenvalue weighted by Crippen LogP contribution is -2.34. The summed E-state index contributed by atoms with van der Waals surface area (Å²) in [5.41, 5.74) is 1.36. The first-order valence-corrected chi connectivity index (χ1v) is 10.4. The molecule has 29 heavy (non-hydrogen) atoms. The third-order valence-corrected chi connectivity index (χ3v) is 5.29.